The van der Waals surface area contributed by atoms with E-state index in [1.807, 2.05) is 0 Å². The van der Waals surface area contributed by atoms with Gasteiger partial charge in [0.05, 0.1) is 38.0 Å². The molecule has 0 aliphatic heterocycles. The third-order valence-electron chi connectivity index (χ3n) is 6.01. The Morgan fingerprint density at radius 1 is 1.15 bits per heavy atom. The molecule has 0 aliphatic rings. The fourth-order valence-electron chi connectivity index (χ4n) is 3.96. The number of carbonyl (C=O) groups is 2. The topological polar surface area (TPSA) is 142 Å². The van der Waals surface area contributed by atoms with Gasteiger partial charge >= 0.3 is 11.8 Å². The highest BCUT2D eigenvalue weighted by Crippen LogP contribution is 2.39. The number of thiazole rings is 1. The SMILES string of the molecule is COc1ccc(-c2ccc(OF)cc2-c2csc(C(CNC(=O)[C@@H](CC(=O)O)Cc3ccco3)(OF)OF)n2)cn1. The minimum Gasteiger partial charge on any atom is -0.481 e. The number of methoxy groups -OCH3 is 1. The van der Waals surface area contributed by atoms with Crippen molar-refractivity contribution in [3.05, 3.63) is 71.1 Å². The molecule has 41 heavy (non-hydrogen) atoms. The number of benzene rings is 1. The number of amides is 1. The molecule has 1 atom stereocenters. The van der Waals surface area contributed by atoms with Crippen molar-refractivity contribution in [3.8, 4) is 34.0 Å². The van der Waals surface area contributed by atoms with Gasteiger partial charge in [0.25, 0.3) is 0 Å². The van der Waals surface area contributed by atoms with Gasteiger partial charge in [0.2, 0.25) is 11.8 Å². The Hall–Kier alpha value is -4.47. The molecule has 0 spiro atoms. The minimum absolute atomic E-state index is 0.0809. The number of aliphatic carboxylic acids is 1. The Morgan fingerprint density at radius 3 is 2.56 bits per heavy atom. The molecule has 4 aromatic rings. The number of hydrogen-bond acceptors (Lipinski definition) is 10. The van der Waals surface area contributed by atoms with Crippen LogP contribution in [0.25, 0.3) is 22.4 Å². The highest BCUT2D eigenvalue weighted by Gasteiger charge is 2.43. The van der Waals surface area contributed by atoms with Crippen LogP contribution >= 0.6 is 11.3 Å². The number of rotatable bonds is 14. The van der Waals surface area contributed by atoms with Crippen LogP contribution in [0.1, 0.15) is 17.2 Å². The fraction of sp³-hybridized carbons (Fsp3) is 0.231. The van der Waals surface area contributed by atoms with Gasteiger partial charge in [-0.05, 0) is 51.0 Å². The normalized spacial score (nSPS) is 12.1. The van der Waals surface area contributed by atoms with Gasteiger partial charge in [-0.1, -0.05) is 0 Å². The van der Waals surface area contributed by atoms with Crippen LogP contribution in [0, 0.1) is 5.92 Å². The van der Waals surface area contributed by atoms with Crippen LogP contribution in [0.15, 0.2) is 64.7 Å². The summed E-state index contributed by atoms with van der Waals surface area (Å²) in [7, 11) is 1.46. The number of halogens is 3. The molecule has 11 nitrogen and oxygen atoms in total. The number of carboxylic acid groups (broad SMARTS) is 1. The van der Waals surface area contributed by atoms with E-state index in [9.17, 15) is 28.3 Å². The number of carbonyl (C=O) groups excluding carboxylic acids is 1. The van der Waals surface area contributed by atoms with Crippen LogP contribution in [0.5, 0.6) is 11.6 Å². The van der Waals surface area contributed by atoms with E-state index >= 15 is 0 Å². The maximum absolute atomic E-state index is 13.9. The molecule has 1 amide bonds. The van der Waals surface area contributed by atoms with Gasteiger partial charge in [-0.3, -0.25) is 14.5 Å². The first kappa shape index (κ1) is 29.5. The first-order valence-electron chi connectivity index (χ1n) is 11.8. The summed E-state index contributed by atoms with van der Waals surface area (Å²) in [4.78, 5) is 44.0. The van der Waals surface area contributed by atoms with Gasteiger partial charge in [0, 0.05) is 39.7 Å². The second kappa shape index (κ2) is 13.3. The molecule has 2 N–H and O–H groups in total. The molecule has 0 saturated carbocycles. The molecule has 216 valence electrons. The van der Waals surface area contributed by atoms with Crippen molar-refractivity contribution in [1.82, 2.24) is 15.3 Å². The van der Waals surface area contributed by atoms with Gasteiger partial charge in [-0.25, -0.2) is 9.97 Å². The van der Waals surface area contributed by atoms with E-state index in [0.717, 1.165) is 11.3 Å². The summed E-state index contributed by atoms with van der Waals surface area (Å²) < 4.78 is 51.0. The average Bonchev–Trinajstić information content (AvgIpc) is 3.70. The van der Waals surface area contributed by atoms with Crippen molar-refractivity contribution in [2.45, 2.75) is 18.6 Å². The molecule has 0 fully saturated rings. The quantitative estimate of drug-likeness (QED) is 0.189. The maximum atomic E-state index is 13.9. The molecule has 0 bridgehead atoms. The zero-order valence-electron chi connectivity index (χ0n) is 21.2. The van der Waals surface area contributed by atoms with E-state index in [1.165, 1.54) is 37.1 Å². The lowest BCUT2D eigenvalue weighted by Gasteiger charge is -2.23. The monoisotopic (exact) mass is 593 g/mol. The summed E-state index contributed by atoms with van der Waals surface area (Å²) in [6, 6.07) is 10.6. The summed E-state index contributed by atoms with van der Waals surface area (Å²) >= 11 is 0.727. The maximum Gasteiger partial charge on any atom is 0.312 e. The first-order valence-corrected chi connectivity index (χ1v) is 12.7. The van der Waals surface area contributed by atoms with Crippen LogP contribution in [0.2, 0.25) is 0 Å². The predicted octanol–water partition coefficient (Wildman–Crippen LogP) is 5.14. The summed E-state index contributed by atoms with van der Waals surface area (Å²) in [5, 5.41) is 12.5. The number of ether oxygens (including phenoxy) is 1. The molecule has 15 heteroatoms. The van der Waals surface area contributed by atoms with E-state index < -0.39 is 36.5 Å². The van der Waals surface area contributed by atoms with Crippen LogP contribution < -0.4 is 15.0 Å². The number of carboxylic acids is 1. The van der Waals surface area contributed by atoms with Crippen LogP contribution in [-0.2, 0) is 31.7 Å². The Morgan fingerprint density at radius 2 is 1.95 bits per heavy atom. The zero-order valence-corrected chi connectivity index (χ0v) is 22.0. The Balaban J connectivity index is 1.61. The smallest absolute Gasteiger partial charge is 0.312 e. The largest absolute Gasteiger partial charge is 0.481 e. The number of nitrogens with one attached hydrogen (secondary N) is 1. The van der Waals surface area contributed by atoms with E-state index in [0.29, 0.717) is 28.3 Å². The Bertz CT molecular complexity index is 1460. The number of aromatic nitrogens is 2. The molecule has 3 aromatic heterocycles. The lowest BCUT2D eigenvalue weighted by molar-refractivity contribution is -0.419. The summed E-state index contributed by atoms with van der Waals surface area (Å²) in [5.41, 5.74) is 1.56. The second-order valence-electron chi connectivity index (χ2n) is 8.61. The molecule has 0 unspecified atom stereocenters. The minimum atomic E-state index is -2.83. The van der Waals surface area contributed by atoms with E-state index in [-0.39, 0.29) is 22.9 Å². The van der Waals surface area contributed by atoms with Gasteiger partial charge in [-0.15, -0.1) is 21.2 Å². The standard InChI is InChI=1S/C26H22F3N3O8S/c1-36-22-7-4-15(12-30-22)19-6-5-18(38-27)11-20(19)21-13-41-25(32-21)26(39-28,40-29)14-31-24(35)16(10-23(33)34)9-17-3-2-8-37-17/h2-8,11-13,16H,9-10,14H2,1H3,(H,31,35)(H,33,34)/t16-/m1/s1. The van der Waals surface area contributed by atoms with E-state index in [4.69, 9.17) is 9.15 Å². The van der Waals surface area contributed by atoms with Crippen LogP contribution in [0.4, 0.5) is 13.6 Å². The number of hydrogen-bond donors (Lipinski definition) is 2. The van der Waals surface area contributed by atoms with Gasteiger partial charge in [0.1, 0.15) is 5.76 Å². The van der Waals surface area contributed by atoms with Crippen molar-refractivity contribution in [2.24, 2.45) is 5.92 Å². The van der Waals surface area contributed by atoms with E-state index in [2.05, 4.69) is 30.1 Å². The van der Waals surface area contributed by atoms with Crippen molar-refractivity contribution in [1.29, 1.82) is 0 Å². The molecular formula is C26H22F3N3O8S. The van der Waals surface area contributed by atoms with Crippen molar-refractivity contribution in [3.63, 3.8) is 0 Å². The number of nitrogens with zero attached hydrogens (tertiary/aromatic N) is 2. The average molecular weight is 594 g/mol. The first-order chi connectivity index (χ1) is 19.8. The lowest BCUT2D eigenvalue weighted by Crippen LogP contribution is -2.44. The van der Waals surface area contributed by atoms with Crippen LogP contribution in [-0.4, -0.2) is 40.6 Å². The van der Waals surface area contributed by atoms with E-state index in [1.54, 1.807) is 30.3 Å². The van der Waals surface area contributed by atoms with Crippen molar-refractivity contribution >= 4 is 23.2 Å². The molecular weight excluding hydrogens is 571 g/mol. The van der Waals surface area contributed by atoms with Crippen molar-refractivity contribution in [2.75, 3.05) is 13.7 Å². The summed E-state index contributed by atoms with van der Waals surface area (Å²) in [6.45, 7) is -0.914. The third kappa shape index (κ3) is 6.82. The predicted molar refractivity (Wildman–Crippen MR) is 136 cm³/mol. The molecule has 3 heterocycles. The summed E-state index contributed by atoms with van der Waals surface area (Å²) in [5.74, 6) is -5.54. The van der Waals surface area contributed by atoms with Gasteiger partial charge in [-0.2, -0.15) is 0 Å². The van der Waals surface area contributed by atoms with Gasteiger partial charge < -0.3 is 19.6 Å². The third-order valence-corrected chi connectivity index (χ3v) is 6.97. The second-order valence-corrected chi connectivity index (χ2v) is 9.47. The highest BCUT2D eigenvalue weighted by molar-refractivity contribution is 7.10. The Kier molecular flexibility index (Phi) is 9.54. The summed E-state index contributed by atoms with van der Waals surface area (Å²) in [6.07, 6.45) is 2.20. The lowest BCUT2D eigenvalue weighted by atomic mass is 9.98. The highest BCUT2D eigenvalue weighted by atomic mass is 32.1. The van der Waals surface area contributed by atoms with Crippen molar-refractivity contribution < 1.29 is 52.3 Å². The zero-order chi connectivity index (χ0) is 29.4. The van der Waals surface area contributed by atoms with Crippen LogP contribution in [0.3, 0.4) is 0 Å². The van der Waals surface area contributed by atoms with Gasteiger partial charge in [0.15, 0.2) is 10.8 Å². The fourth-order valence-corrected chi connectivity index (χ4v) is 4.83. The molecule has 0 radical (unpaired) electrons. The molecule has 0 aliphatic carbocycles. The molecule has 0 saturated heterocycles. The number of furan rings is 1. The molecule has 1 aromatic carbocycles. The molecule has 4 rings (SSSR count). The Labute approximate surface area is 234 Å². The number of pyridine rings is 1.